The lowest BCUT2D eigenvalue weighted by molar-refractivity contribution is -0.122. The Morgan fingerprint density at radius 3 is 2.29 bits per heavy atom. The summed E-state index contributed by atoms with van der Waals surface area (Å²) in [5, 5.41) is 3.07. The predicted octanol–water partition coefficient (Wildman–Crippen LogP) is 4.30. The number of hydrogen-bond donors (Lipinski definition) is 1. The summed E-state index contributed by atoms with van der Waals surface area (Å²) in [6, 6.07) is 13.5. The molecule has 2 aromatic rings. The minimum Gasteiger partial charge on any atom is -0.497 e. The van der Waals surface area contributed by atoms with Gasteiger partial charge in [0.2, 0.25) is 5.91 Å². The van der Waals surface area contributed by atoms with Crippen molar-refractivity contribution in [1.82, 2.24) is 4.90 Å². The van der Waals surface area contributed by atoms with E-state index in [1.54, 1.807) is 7.11 Å². The van der Waals surface area contributed by atoms with Crippen molar-refractivity contribution in [1.29, 1.82) is 0 Å². The highest BCUT2D eigenvalue weighted by atomic mass is 16.5. The van der Waals surface area contributed by atoms with Crippen LogP contribution in [0.3, 0.4) is 0 Å². The Bertz CT molecular complexity index is 947. The molecular formula is C25H31N3O3. The van der Waals surface area contributed by atoms with Gasteiger partial charge in [0.1, 0.15) is 5.75 Å². The second-order valence-corrected chi connectivity index (χ2v) is 8.75. The van der Waals surface area contributed by atoms with Crippen molar-refractivity contribution in [2.75, 3.05) is 31.4 Å². The van der Waals surface area contributed by atoms with Gasteiger partial charge in [-0.05, 0) is 73.7 Å². The Labute approximate surface area is 184 Å². The van der Waals surface area contributed by atoms with Crippen LogP contribution in [0, 0.1) is 5.92 Å². The van der Waals surface area contributed by atoms with E-state index >= 15 is 0 Å². The first-order valence-corrected chi connectivity index (χ1v) is 11.0. The molecule has 0 unspecified atom stereocenters. The van der Waals surface area contributed by atoms with E-state index in [2.05, 4.69) is 10.2 Å². The molecule has 1 N–H and O–H groups in total. The van der Waals surface area contributed by atoms with Crippen LogP contribution in [0.15, 0.2) is 42.5 Å². The smallest absolute Gasteiger partial charge is 0.254 e. The normalized spacial score (nSPS) is 15.7. The van der Waals surface area contributed by atoms with Gasteiger partial charge in [-0.3, -0.25) is 9.59 Å². The zero-order valence-electron chi connectivity index (χ0n) is 18.6. The van der Waals surface area contributed by atoms with Crippen LogP contribution in [0.4, 0.5) is 11.4 Å². The molecule has 0 aromatic heterocycles. The summed E-state index contributed by atoms with van der Waals surface area (Å²) in [6.45, 7) is 0.510. The Hall–Kier alpha value is -3.02. The fraction of sp³-hybridized carbons (Fsp3) is 0.440. The van der Waals surface area contributed by atoms with Gasteiger partial charge in [0, 0.05) is 49.5 Å². The number of carbonyl (C=O) groups is 2. The second kappa shape index (κ2) is 9.00. The van der Waals surface area contributed by atoms with E-state index < -0.39 is 0 Å². The monoisotopic (exact) mass is 421 g/mol. The van der Waals surface area contributed by atoms with Crippen molar-refractivity contribution in [2.24, 2.45) is 5.92 Å². The molecule has 2 aromatic carbocycles. The minimum atomic E-state index is 0.0266. The van der Waals surface area contributed by atoms with Gasteiger partial charge in [-0.2, -0.15) is 0 Å². The van der Waals surface area contributed by atoms with Gasteiger partial charge in [-0.1, -0.05) is 6.42 Å². The van der Waals surface area contributed by atoms with Crippen LogP contribution in [0.2, 0.25) is 0 Å². The van der Waals surface area contributed by atoms with Crippen molar-refractivity contribution >= 4 is 23.2 Å². The molecule has 0 radical (unpaired) electrons. The molecule has 2 fully saturated rings. The van der Waals surface area contributed by atoms with Crippen LogP contribution >= 0.6 is 0 Å². The van der Waals surface area contributed by atoms with Crippen LogP contribution in [-0.4, -0.2) is 44.0 Å². The number of nitrogens with one attached hydrogen (secondary N) is 1. The Balaban J connectivity index is 1.57. The topological polar surface area (TPSA) is 61.9 Å². The molecule has 6 heteroatoms. The molecule has 164 valence electrons. The number of methoxy groups -OCH3 is 1. The maximum atomic E-state index is 13.3. The summed E-state index contributed by atoms with van der Waals surface area (Å²) in [6.07, 6.45) is 5.13. The van der Waals surface area contributed by atoms with Gasteiger partial charge >= 0.3 is 0 Å². The number of ether oxygens (including phenoxy) is 1. The third kappa shape index (κ3) is 4.84. The minimum absolute atomic E-state index is 0.0266. The summed E-state index contributed by atoms with van der Waals surface area (Å²) in [5.74, 6) is 0.998. The first-order chi connectivity index (χ1) is 15.0. The highest BCUT2D eigenvalue weighted by Gasteiger charge is 2.34. The maximum Gasteiger partial charge on any atom is 0.254 e. The number of hydrogen-bond acceptors (Lipinski definition) is 4. The first-order valence-electron chi connectivity index (χ1n) is 11.0. The van der Waals surface area contributed by atoms with Crippen molar-refractivity contribution < 1.29 is 14.3 Å². The lowest BCUT2D eigenvalue weighted by atomic mass is 9.85. The van der Waals surface area contributed by atoms with Crippen molar-refractivity contribution in [3.05, 3.63) is 53.6 Å². The van der Waals surface area contributed by atoms with E-state index in [-0.39, 0.29) is 23.8 Å². The summed E-state index contributed by atoms with van der Waals surface area (Å²) >= 11 is 0. The van der Waals surface area contributed by atoms with Crippen LogP contribution in [0.25, 0.3) is 0 Å². The van der Waals surface area contributed by atoms with Crippen LogP contribution in [0.5, 0.6) is 5.75 Å². The number of carbonyl (C=O) groups excluding carboxylic acids is 2. The Kier molecular flexibility index (Phi) is 6.16. The molecular weight excluding hydrogens is 390 g/mol. The van der Waals surface area contributed by atoms with E-state index in [0.29, 0.717) is 12.1 Å². The Morgan fingerprint density at radius 2 is 1.74 bits per heavy atom. The zero-order chi connectivity index (χ0) is 22.0. The van der Waals surface area contributed by atoms with E-state index in [4.69, 9.17) is 4.74 Å². The fourth-order valence-corrected chi connectivity index (χ4v) is 3.98. The number of rotatable bonds is 8. The van der Waals surface area contributed by atoms with Gasteiger partial charge < -0.3 is 19.9 Å². The quantitative estimate of drug-likeness (QED) is 0.690. The van der Waals surface area contributed by atoms with Crippen molar-refractivity contribution in [3.8, 4) is 5.75 Å². The summed E-state index contributed by atoms with van der Waals surface area (Å²) in [4.78, 5) is 29.7. The van der Waals surface area contributed by atoms with E-state index in [0.717, 1.165) is 54.8 Å². The summed E-state index contributed by atoms with van der Waals surface area (Å²) in [7, 11) is 5.61. The Morgan fingerprint density at radius 1 is 1.03 bits per heavy atom. The predicted molar refractivity (Wildman–Crippen MR) is 123 cm³/mol. The maximum absolute atomic E-state index is 13.3. The molecule has 0 aliphatic heterocycles. The van der Waals surface area contributed by atoms with E-state index in [9.17, 15) is 9.59 Å². The molecule has 0 atom stereocenters. The van der Waals surface area contributed by atoms with Gasteiger partial charge in [-0.25, -0.2) is 0 Å². The number of amides is 2. The second-order valence-electron chi connectivity index (χ2n) is 8.75. The largest absolute Gasteiger partial charge is 0.497 e. The highest BCUT2D eigenvalue weighted by molar-refractivity contribution is 5.95. The molecule has 2 aliphatic carbocycles. The molecule has 2 saturated carbocycles. The molecule has 6 nitrogen and oxygen atoms in total. The lowest BCUT2D eigenvalue weighted by Gasteiger charge is -2.27. The third-order valence-electron chi connectivity index (χ3n) is 6.23. The van der Waals surface area contributed by atoms with Crippen LogP contribution < -0.4 is 15.0 Å². The summed E-state index contributed by atoms with van der Waals surface area (Å²) in [5.41, 5.74) is 3.54. The SMILES string of the molecule is COc1ccc(C(=O)N(Cc2cc(NC(=O)C3CCC3)ccc2N(C)C)C2CC2)cc1. The number of benzene rings is 2. The number of anilines is 2. The molecule has 2 amide bonds. The molecule has 0 bridgehead atoms. The molecule has 0 spiro atoms. The van der Waals surface area contributed by atoms with Gasteiger partial charge in [0.25, 0.3) is 5.91 Å². The lowest BCUT2D eigenvalue weighted by Crippen LogP contribution is -2.33. The standard InChI is InChI=1S/C25H31N3O3/c1-27(2)23-14-9-20(26-24(29)17-5-4-6-17)15-19(23)16-28(21-10-11-21)25(30)18-7-12-22(31-3)13-8-18/h7-9,12-15,17,21H,4-6,10-11,16H2,1-3H3,(H,26,29). The van der Waals surface area contributed by atoms with Crippen molar-refractivity contribution in [2.45, 2.75) is 44.7 Å². The molecule has 31 heavy (non-hydrogen) atoms. The van der Waals surface area contributed by atoms with E-state index in [1.165, 1.54) is 0 Å². The van der Waals surface area contributed by atoms with Crippen LogP contribution in [0.1, 0.15) is 48.0 Å². The average molecular weight is 422 g/mol. The first kappa shape index (κ1) is 21.2. The van der Waals surface area contributed by atoms with E-state index in [1.807, 2.05) is 61.5 Å². The molecule has 2 aliphatic rings. The zero-order valence-corrected chi connectivity index (χ0v) is 18.6. The summed E-state index contributed by atoms with van der Waals surface area (Å²) < 4.78 is 5.22. The van der Waals surface area contributed by atoms with Crippen LogP contribution in [-0.2, 0) is 11.3 Å². The fourth-order valence-electron chi connectivity index (χ4n) is 3.98. The van der Waals surface area contributed by atoms with Crippen molar-refractivity contribution in [3.63, 3.8) is 0 Å². The third-order valence-corrected chi connectivity index (χ3v) is 6.23. The number of nitrogens with zero attached hydrogens (tertiary/aromatic N) is 2. The highest BCUT2D eigenvalue weighted by Crippen LogP contribution is 2.33. The van der Waals surface area contributed by atoms with Gasteiger partial charge in [0.05, 0.1) is 7.11 Å². The molecule has 0 saturated heterocycles. The average Bonchev–Trinajstić information content (AvgIpc) is 3.55. The molecule has 4 rings (SSSR count). The van der Waals surface area contributed by atoms with Gasteiger partial charge in [-0.15, -0.1) is 0 Å². The van der Waals surface area contributed by atoms with Gasteiger partial charge in [0.15, 0.2) is 0 Å². The molecule has 0 heterocycles.